The highest BCUT2D eigenvalue weighted by molar-refractivity contribution is 4.99. The highest BCUT2D eigenvalue weighted by Crippen LogP contribution is 2.27. The lowest BCUT2D eigenvalue weighted by Crippen LogP contribution is -2.37. The molecule has 0 bridgehead atoms. The Morgan fingerprint density at radius 2 is 1.92 bits per heavy atom. The fraction of sp³-hybridized carbons (Fsp3) is 0.818. The average molecular weight is 169 g/mol. The normalized spacial score (nSPS) is 14.4. The minimum atomic E-state index is 0.248. The Bertz CT molecular complexity index is 147. The molecule has 12 heavy (non-hydrogen) atoms. The molecule has 0 spiro atoms. The van der Waals surface area contributed by atoms with Crippen LogP contribution in [0.2, 0.25) is 0 Å². The molecule has 1 atom stereocenters. The molecular weight excluding hydrogens is 146 g/mol. The second-order valence-electron chi connectivity index (χ2n) is 4.26. The van der Waals surface area contributed by atoms with Gasteiger partial charge in [0.2, 0.25) is 0 Å². The molecule has 72 valence electrons. The van der Waals surface area contributed by atoms with E-state index in [2.05, 4.69) is 34.3 Å². The molecule has 0 aliphatic heterocycles. The number of rotatable bonds is 5. The van der Waals surface area contributed by atoms with Gasteiger partial charge in [0.05, 0.1) is 0 Å². The zero-order valence-electron chi connectivity index (χ0n) is 8.98. The molecule has 0 saturated carbocycles. The van der Waals surface area contributed by atoms with Gasteiger partial charge in [-0.05, 0) is 24.7 Å². The predicted octanol–water partition coefficient (Wildman–Crippen LogP) is 3.11. The van der Waals surface area contributed by atoms with Crippen molar-refractivity contribution in [3.05, 3.63) is 12.2 Å². The third kappa shape index (κ3) is 3.40. The lowest BCUT2D eigenvalue weighted by molar-refractivity contribution is 0.271. The van der Waals surface area contributed by atoms with Crippen molar-refractivity contribution in [1.82, 2.24) is 0 Å². The first kappa shape index (κ1) is 11.7. The summed E-state index contributed by atoms with van der Waals surface area (Å²) >= 11 is 0. The molecule has 0 amide bonds. The zero-order valence-corrected chi connectivity index (χ0v) is 8.98. The molecule has 0 aromatic rings. The van der Waals surface area contributed by atoms with Gasteiger partial charge < -0.3 is 5.73 Å². The second kappa shape index (κ2) is 4.66. The highest BCUT2D eigenvalue weighted by Gasteiger charge is 2.23. The Labute approximate surface area is 77.0 Å². The Morgan fingerprint density at radius 1 is 1.42 bits per heavy atom. The van der Waals surface area contributed by atoms with Gasteiger partial charge in [-0.3, -0.25) is 0 Å². The summed E-state index contributed by atoms with van der Waals surface area (Å²) in [6, 6.07) is 0.259. The monoisotopic (exact) mass is 169 g/mol. The van der Waals surface area contributed by atoms with Gasteiger partial charge in [-0.1, -0.05) is 39.8 Å². The van der Waals surface area contributed by atoms with Crippen molar-refractivity contribution >= 4 is 0 Å². The fourth-order valence-electron chi connectivity index (χ4n) is 0.994. The topological polar surface area (TPSA) is 26.0 Å². The summed E-state index contributed by atoms with van der Waals surface area (Å²) in [6.07, 6.45) is 3.15. The maximum absolute atomic E-state index is 6.08. The molecule has 0 aromatic carbocycles. The Morgan fingerprint density at radius 3 is 2.25 bits per heavy atom. The zero-order chi connectivity index (χ0) is 9.78. The maximum atomic E-state index is 6.08. The lowest BCUT2D eigenvalue weighted by atomic mass is 9.79. The van der Waals surface area contributed by atoms with Crippen molar-refractivity contribution < 1.29 is 0 Å². The van der Waals surface area contributed by atoms with Gasteiger partial charge in [0.1, 0.15) is 0 Å². The van der Waals surface area contributed by atoms with Gasteiger partial charge >= 0.3 is 0 Å². The standard InChI is InChI=1S/C11H23N/c1-6-9(3)8-10(12)11(4,5)7-2/h10H,3,6-8,12H2,1-2,4-5H3. The van der Waals surface area contributed by atoms with Crippen molar-refractivity contribution in [2.45, 2.75) is 53.0 Å². The minimum absolute atomic E-state index is 0.248. The summed E-state index contributed by atoms with van der Waals surface area (Å²) in [4.78, 5) is 0. The van der Waals surface area contributed by atoms with Crippen molar-refractivity contribution in [1.29, 1.82) is 0 Å². The van der Waals surface area contributed by atoms with Crippen molar-refractivity contribution in [2.75, 3.05) is 0 Å². The van der Waals surface area contributed by atoms with E-state index in [1.165, 1.54) is 5.57 Å². The van der Waals surface area contributed by atoms with E-state index in [0.717, 1.165) is 19.3 Å². The Kier molecular flexibility index (Phi) is 4.54. The SMILES string of the molecule is C=C(CC)CC(N)C(C)(C)CC. The molecule has 0 heterocycles. The van der Waals surface area contributed by atoms with Crippen LogP contribution in [0.5, 0.6) is 0 Å². The lowest BCUT2D eigenvalue weighted by Gasteiger charge is -2.30. The van der Waals surface area contributed by atoms with Crippen LogP contribution in [0.3, 0.4) is 0 Å². The summed E-state index contributed by atoms with van der Waals surface area (Å²) in [5.74, 6) is 0. The first-order valence-electron chi connectivity index (χ1n) is 4.86. The summed E-state index contributed by atoms with van der Waals surface area (Å²) in [5, 5.41) is 0. The van der Waals surface area contributed by atoms with Gasteiger partial charge in [0.15, 0.2) is 0 Å². The van der Waals surface area contributed by atoms with Crippen LogP contribution < -0.4 is 5.73 Å². The molecule has 0 radical (unpaired) electrons. The van der Waals surface area contributed by atoms with Crippen molar-refractivity contribution in [2.24, 2.45) is 11.1 Å². The molecule has 0 saturated heterocycles. The van der Waals surface area contributed by atoms with Gasteiger partial charge in [-0.25, -0.2) is 0 Å². The maximum Gasteiger partial charge on any atom is 0.0127 e. The van der Waals surface area contributed by atoms with Crippen LogP contribution in [-0.2, 0) is 0 Å². The molecule has 0 fully saturated rings. The van der Waals surface area contributed by atoms with E-state index in [9.17, 15) is 0 Å². The molecule has 1 heteroatoms. The number of hydrogen-bond donors (Lipinski definition) is 1. The molecular formula is C11H23N. The van der Waals surface area contributed by atoms with E-state index in [4.69, 9.17) is 5.73 Å². The Balaban J connectivity index is 4.02. The van der Waals surface area contributed by atoms with Gasteiger partial charge in [0.25, 0.3) is 0 Å². The molecule has 0 rings (SSSR count). The van der Waals surface area contributed by atoms with E-state index in [0.29, 0.717) is 0 Å². The number of nitrogens with two attached hydrogens (primary N) is 1. The van der Waals surface area contributed by atoms with Gasteiger partial charge in [-0.15, -0.1) is 0 Å². The van der Waals surface area contributed by atoms with Crippen LogP contribution >= 0.6 is 0 Å². The van der Waals surface area contributed by atoms with Crippen LogP contribution in [0.4, 0.5) is 0 Å². The number of hydrogen-bond acceptors (Lipinski definition) is 1. The summed E-state index contributed by atoms with van der Waals surface area (Å²) in [5.41, 5.74) is 7.59. The second-order valence-corrected chi connectivity index (χ2v) is 4.26. The van der Waals surface area contributed by atoms with Crippen LogP contribution in [0.1, 0.15) is 47.0 Å². The molecule has 1 nitrogen and oxygen atoms in total. The third-order valence-corrected chi connectivity index (χ3v) is 2.92. The van der Waals surface area contributed by atoms with E-state index in [1.807, 2.05) is 0 Å². The molecule has 1 unspecified atom stereocenters. The van der Waals surface area contributed by atoms with E-state index in [-0.39, 0.29) is 11.5 Å². The van der Waals surface area contributed by atoms with Gasteiger partial charge in [-0.2, -0.15) is 0 Å². The van der Waals surface area contributed by atoms with Crippen molar-refractivity contribution in [3.63, 3.8) is 0 Å². The van der Waals surface area contributed by atoms with E-state index >= 15 is 0 Å². The van der Waals surface area contributed by atoms with E-state index in [1.54, 1.807) is 0 Å². The fourth-order valence-corrected chi connectivity index (χ4v) is 0.994. The smallest absolute Gasteiger partial charge is 0.0127 e. The molecule has 2 N–H and O–H groups in total. The van der Waals surface area contributed by atoms with E-state index < -0.39 is 0 Å². The van der Waals surface area contributed by atoms with Crippen LogP contribution in [-0.4, -0.2) is 6.04 Å². The predicted molar refractivity (Wildman–Crippen MR) is 56.1 cm³/mol. The summed E-state index contributed by atoms with van der Waals surface area (Å²) in [7, 11) is 0. The highest BCUT2D eigenvalue weighted by atomic mass is 14.7. The molecule has 0 aliphatic carbocycles. The van der Waals surface area contributed by atoms with Crippen molar-refractivity contribution in [3.8, 4) is 0 Å². The van der Waals surface area contributed by atoms with Crippen LogP contribution in [0, 0.1) is 5.41 Å². The average Bonchev–Trinajstić information content (AvgIpc) is 2.04. The quantitative estimate of drug-likeness (QED) is 0.629. The summed E-state index contributed by atoms with van der Waals surface area (Å²) < 4.78 is 0. The summed E-state index contributed by atoms with van der Waals surface area (Å²) in [6.45, 7) is 12.7. The molecule has 0 aromatic heterocycles. The first-order chi connectivity index (χ1) is 5.44. The third-order valence-electron chi connectivity index (χ3n) is 2.92. The Hall–Kier alpha value is -0.300. The molecule has 0 aliphatic rings. The minimum Gasteiger partial charge on any atom is -0.327 e. The van der Waals surface area contributed by atoms with Gasteiger partial charge in [0, 0.05) is 6.04 Å². The first-order valence-corrected chi connectivity index (χ1v) is 4.86. The largest absolute Gasteiger partial charge is 0.327 e. The van der Waals surface area contributed by atoms with Crippen LogP contribution in [0.25, 0.3) is 0 Å². The van der Waals surface area contributed by atoms with Crippen LogP contribution in [0.15, 0.2) is 12.2 Å².